The molecule has 0 bridgehead atoms. The number of benzene rings is 2. The second kappa shape index (κ2) is 5.28. The molecule has 0 N–H and O–H groups in total. The van der Waals surface area contributed by atoms with Crippen molar-refractivity contribution < 1.29 is 23.5 Å². The van der Waals surface area contributed by atoms with Crippen molar-refractivity contribution >= 4 is 10.8 Å². The molecule has 0 saturated heterocycles. The Bertz CT molecular complexity index is 1010. The van der Waals surface area contributed by atoms with Crippen LogP contribution in [0.3, 0.4) is 0 Å². The van der Waals surface area contributed by atoms with Crippen molar-refractivity contribution in [3.05, 3.63) is 42.1 Å². The number of fused-ring (bicyclic) bond motifs is 5. The molecule has 126 valence electrons. The lowest BCUT2D eigenvalue weighted by molar-refractivity contribution is -0.686. The Kier molecular flexibility index (Phi) is 3.04. The number of hydrogen-bond donors (Lipinski definition) is 0. The van der Waals surface area contributed by atoms with Crippen LogP contribution in [0.5, 0.6) is 23.0 Å². The summed E-state index contributed by atoms with van der Waals surface area (Å²) in [6.07, 6.45) is 3.15. The van der Waals surface area contributed by atoms with E-state index in [1.54, 1.807) is 14.2 Å². The van der Waals surface area contributed by atoms with Gasteiger partial charge in [-0.2, -0.15) is 4.57 Å². The van der Waals surface area contributed by atoms with Crippen LogP contribution >= 0.6 is 0 Å². The van der Waals surface area contributed by atoms with Gasteiger partial charge in [-0.05, 0) is 35.2 Å². The third kappa shape index (κ3) is 2.12. The largest absolute Gasteiger partial charge is 0.493 e. The Morgan fingerprint density at radius 3 is 2.36 bits per heavy atom. The number of aryl methyl sites for hydroxylation is 2. The van der Waals surface area contributed by atoms with E-state index in [9.17, 15) is 0 Å². The first-order valence-electron chi connectivity index (χ1n) is 8.29. The summed E-state index contributed by atoms with van der Waals surface area (Å²) in [5.41, 5.74) is 3.63. The Balaban J connectivity index is 1.73. The van der Waals surface area contributed by atoms with Gasteiger partial charge in [-0.1, -0.05) is 0 Å². The number of hydrogen-bond acceptors (Lipinski definition) is 4. The lowest BCUT2D eigenvalue weighted by Gasteiger charge is -2.18. The molecule has 5 heteroatoms. The Labute approximate surface area is 145 Å². The van der Waals surface area contributed by atoms with Crippen LogP contribution in [0.15, 0.2) is 36.5 Å². The normalized spacial score (nSPS) is 14.2. The molecule has 0 unspecified atom stereocenters. The highest BCUT2D eigenvalue weighted by Crippen LogP contribution is 2.39. The van der Waals surface area contributed by atoms with Crippen molar-refractivity contribution in [2.45, 2.75) is 13.0 Å². The molecule has 25 heavy (non-hydrogen) atoms. The van der Waals surface area contributed by atoms with Crippen molar-refractivity contribution in [2.75, 3.05) is 21.0 Å². The summed E-state index contributed by atoms with van der Waals surface area (Å²) in [5, 5.41) is 2.29. The zero-order valence-electron chi connectivity index (χ0n) is 14.2. The molecule has 2 aromatic carbocycles. The molecule has 0 atom stereocenters. The maximum Gasteiger partial charge on any atom is 0.231 e. The van der Waals surface area contributed by atoms with Crippen molar-refractivity contribution in [2.24, 2.45) is 0 Å². The lowest BCUT2D eigenvalue weighted by Crippen LogP contribution is -2.40. The first-order valence-corrected chi connectivity index (χ1v) is 8.29. The van der Waals surface area contributed by atoms with Crippen LogP contribution in [0.2, 0.25) is 0 Å². The van der Waals surface area contributed by atoms with E-state index in [1.807, 2.05) is 6.07 Å². The average molecular weight is 336 g/mol. The van der Waals surface area contributed by atoms with Crippen LogP contribution in [0.25, 0.3) is 22.0 Å². The standard InChI is InChI=1S/C20H18NO4/c1-22-17-6-12-3-4-21-10-14-8-20-19(24-11-25-20)7-13(14)5-16(21)15(12)9-18(17)23-2/h5-10H,3-4,11H2,1-2H3/q+1. The van der Waals surface area contributed by atoms with Gasteiger partial charge in [0.25, 0.3) is 0 Å². The third-order valence-corrected chi connectivity index (χ3v) is 4.98. The molecule has 0 amide bonds. The highest BCUT2D eigenvalue weighted by atomic mass is 16.7. The number of pyridine rings is 1. The number of rotatable bonds is 2. The fourth-order valence-electron chi connectivity index (χ4n) is 3.70. The van der Waals surface area contributed by atoms with Gasteiger partial charge in [0.2, 0.25) is 12.5 Å². The summed E-state index contributed by atoms with van der Waals surface area (Å²) in [5.74, 6) is 3.15. The smallest absolute Gasteiger partial charge is 0.231 e. The molecule has 1 aromatic heterocycles. The van der Waals surface area contributed by atoms with Gasteiger partial charge >= 0.3 is 0 Å². The summed E-state index contributed by atoms with van der Waals surface area (Å²) in [4.78, 5) is 0. The molecule has 5 nitrogen and oxygen atoms in total. The maximum absolute atomic E-state index is 5.52. The fourth-order valence-corrected chi connectivity index (χ4v) is 3.70. The molecule has 0 fully saturated rings. The van der Waals surface area contributed by atoms with E-state index >= 15 is 0 Å². The highest BCUT2D eigenvalue weighted by Gasteiger charge is 2.26. The minimum Gasteiger partial charge on any atom is -0.493 e. The van der Waals surface area contributed by atoms with E-state index in [-0.39, 0.29) is 0 Å². The number of aromatic nitrogens is 1. The molecular formula is C20H18NO4+. The van der Waals surface area contributed by atoms with E-state index in [0.717, 1.165) is 46.7 Å². The molecule has 2 aliphatic heterocycles. The Hall–Kier alpha value is -2.95. The third-order valence-electron chi connectivity index (χ3n) is 4.98. The summed E-state index contributed by atoms with van der Waals surface area (Å²) in [6.45, 7) is 1.22. The van der Waals surface area contributed by atoms with Gasteiger partial charge in [0.15, 0.2) is 35.7 Å². The van der Waals surface area contributed by atoms with E-state index in [1.165, 1.54) is 16.8 Å². The van der Waals surface area contributed by atoms with Crippen LogP contribution in [-0.4, -0.2) is 21.0 Å². The predicted molar refractivity (Wildman–Crippen MR) is 92.5 cm³/mol. The number of ether oxygens (including phenoxy) is 4. The molecular weight excluding hydrogens is 318 g/mol. The summed E-state index contributed by atoms with van der Waals surface area (Å²) in [7, 11) is 3.34. The monoisotopic (exact) mass is 336 g/mol. The maximum atomic E-state index is 5.52. The summed E-state index contributed by atoms with van der Waals surface area (Å²) in [6, 6.07) is 10.5. The molecule has 0 saturated carbocycles. The molecule has 0 aliphatic carbocycles. The van der Waals surface area contributed by atoms with Gasteiger partial charge in [-0.25, -0.2) is 0 Å². The number of methoxy groups -OCH3 is 2. The van der Waals surface area contributed by atoms with Crippen molar-refractivity contribution in [3.63, 3.8) is 0 Å². The first-order chi connectivity index (χ1) is 12.3. The van der Waals surface area contributed by atoms with E-state index in [4.69, 9.17) is 18.9 Å². The van der Waals surface area contributed by atoms with Gasteiger partial charge in [-0.3, -0.25) is 0 Å². The SMILES string of the molecule is COc1cc2c(cc1OC)-c1cc3cc4c(cc3c[n+]1CC2)OCO4. The molecule has 0 radical (unpaired) electrons. The van der Waals surface area contributed by atoms with Crippen molar-refractivity contribution in [1.82, 2.24) is 0 Å². The zero-order valence-corrected chi connectivity index (χ0v) is 14.2. The second-order valence-electron chi connectivity index (χ2n) is 6.30. The van der Waals surface area contributed by atoms with Crippen LogP contribution in [0.1, 0.15) is 5.56 Å². The van der Waals surface area contributed by atoms with Gasteiger partial charge in [0.1, 0.15) is 0 Å². The highest BCUT2D eigenvalue weighted by molar-refractivity contribution is 5.88. The van der Waals surface area contributed by atoms with Gasteiger partial charge in [-0.15, -0.1) is 0 Å². The van der Waals surface area contributed by atoms with Gasteiger partial charge < -0.3 is 18.9 Å². The van der Waals surface area contributed by atoms with Crippen LogP contribution < -0.4 is 23.5 Å². The van der Waals surface area contributed by atoms with Crippen LogP contribution in [0, 0.1) is 0 Å². The molecule has 5 rings (SSSR count). The topological polar surface area (TPSA) is 40.8 Å². The summed E-state index contributed by atoms with van der Waals surface area (Å²) >= 11 is 0. The van der Waals surface area contributed by atoms with E-state index < -0.39 is 0 Å². The number of nitrogens with zero attached hydrogens (tertiary/aromatic N) is 1. The van der Waals surface area contributed by atoms with Gasteiger partial charge in [0, 0.05) is 17.9 Å². The van der Waals surface area contributed by atoms with E-state index in [2.05, 4.69) is 35.0 Å². The van der Waals surface area contributed by atoms with Crippen molar-refractivity contribution in [1.29, 1.82) is 0 Å². The van der Waals surface area contributed by atoms with Crippen molar-refractivity contribution in [3.8, 4) is 34.3 Å². The molecule has 3 heterocycles. The van der Waals surface area contributed by atoms with Crippen LogP contribution in [-0.2, 0) is 13.0 Å². The lowest BCUT2D eigenvalue weighted by atomic mass is 9.95. The predicted octanol–water partition coefficient (Wildman–Crippen LogP) is 3.10. The Morgan fingerprint density at radius 2 is 1.60 bits per heavy atom. The minimum absolute atomic E-state index is 0.290. The zero-order chi connectivity index (χ0) is 17.0. The van der Waals surface area contributed by atoms with Crippen LogP contribution in [0.4, 0.5) is 0 Å². The quantitative estimate of drug-likeness (QED) is 0.674. The second-order valence-corrected chi connectivity index (χ2v) is 6.30. The van der Waals surface area contributed by atoms with E-state index in [0.29, 0.717) is 6.79 Å². The minimum atomic E-state index is 0.290. The summed E-state index contributed by atoms with van der Waals surface area (Å²) < 4.78 is 24.3. The Morgan fingerprint density at radius 1 is 0.880 bits per heavy atom. The molecule has 0 spiro atoms. The van der Waals surface area contributed by atoms with Gasteiger partial charge in [0.05, 0.1) is 19.8 Å². The first kappa shape index (κ1) is 14.4. The fraction of sp³-hybridized carbons (Fsp3) is 0.250. The molecule has 3 aromatic rings. The average Bonchev–Trinajstić information content (AvgIpc) is 3.10. The molecule has 2 aliphatic rings.